The van der Waals surface area contributed by atoms with Gasteiger partial charge in [-0.15, -0.1) is 0 Å². The first-order valence-corrected chi connectivity index (χ1v) is 10.7. The molecular formula is C26H22FN5O. The van der Waals surface area contributed by atoms with E-state index in [1.54, 1.807) is 36.1 Å². The summed E-state index contributed by atoms with van der Waals surface area (Å²) in [4.78, 5) is 25.8. The van der Waals surface area contributed by atoms with Crippen molar-refractivity contribution >= 4 is 5.84 Å². The van der Waals surface area contributed by atoms with Gasteiger partial charge in [-0.3, -0.25) is 4.79 Å². The minimum Gasteiger partial charge on any atom is -0.383 e. The third-order valence-corrected chi connectivity index (χ3v) is 6.15. The van der Waals surface area contributed by atoms with Crippen LogP contribution in [0.5, 0.6) is 0 Å². The summed E-state index contributed by atoms with van der Waals surface area (Å²) in [5.74, 6) is -0.299. The van der Waals surface area contributed by atoms with Gasteiger partial charge in [-0.1, -0.05) is 30.3 Å². The molecule has 0 bridgehead atoms. The van der Waals surface area contributed by atoms with E-state index in [1.807, 2.05) is 43.3 Å². The second kappa shape index (κ2) is 7.78. The number of aromatic nitrogens is 3. The Bertz CT molecular complexity index is 1460. The number of nitrogens with two attached hydrogens (primary N) is 1. The molecule has 1 atom stereocenters. The zero-order chi connectivity index (χ0) is 23.2. The van der Waals surface area contributed by atoms with E-state index < -0.39 is 11.4 Å². The van der Waals surface area contributed by atoms with Crippen LogP contribution in [0.3, 0.4) is 0 Å². The van der Waals surface area contributed by atoms with Gasteiger partial charge < -0.3 is 10.3 Å². The molecule has 0 saturated heterocycles. The van der Waals surface area contributed by atoms with Crippen molar-refractivity contribution in [3.8, 4) is 11.1 Å². The van der Waals surface area contributed by atoms with Crippen LogP contribution in [-0.2, 0) is 12.1 Å². The molecule has 1 aliphatic heterocycles. The summed E-state index contributed by atoms with van der Waals surface area (Å²) < 4.78 is 16.6. The quantitative estimate of drug-likeness (QED) is 0.524. The number of hydrogen-bond donors (Lipinski definition) is 1. The zero-order valence-electron chi connectivity index (χ0n) is 18.3. The largest absolute Gasteiger partial charge is 0.383 e. The number of nitrogens with zero attached hydrogens (tertiary/aromatic N) is 4. The van der Waals surface area contributed by atoms with E-state index in [4.69, 9.17) is 10.7 Å². The molecule has 0 amide bonds. The van der Waals surface area contributed by atoms with E-state index in [2.05, 4.69) is 9.97 Å². The Morgan fingerprint density at radius 1 is 1.03 bits per heavy atom. The topological polar surface area (TPSA) is 86.2 Å². The zero-order valence-corrected chi connectivity index (χ0v) is 18.3. The normalized spacial score (nSPS) is 17.0. The molecule has 0 saturated carbocycles. The third-order valence-electron chi connectivity index (χ3n) is 6.15. The number of hydrogen-bond acceptors (Lipinski definition) is 5. The van der Waals surface area contributed by atoms with Gasteiger partial charge in [0, 0.05) is 47.4 Å². The van der Waals surface area contributed by atoms with Crippen molar-refractivity contribution in [2.75, 3.05) is 0 Å². The molecule has 2 aromatic carbocycles. The predicted octanol–water partition coefficient (Wildman–Crippen LogP) is 3.78. The number of aliphatic imine (C=N–C) groups is 1. The van der Waals surface area contributed by atoms with Crippen molar-refractivity contribution in [3.05, 3.63) is 117 Å². The molecule has 1 unspecified atom stereocenters. The van der Waals surface area contributed by atoms with Crippen molar-refractivity contribution in [1.29, 1.82) is 0 Å². The molecule has 0 fully saturated rings. The van der Waals surface area contributed by atoms with Crippen LogP contribution in [0, 0.1) is 12.7 Å². The van der Waals surface area contributed by atoms with Crippen molar-refractivity contribution < 1.29 is 4.39 Å². The van der Waals surface area contributed by atoms with E-state index in [-0.39, 0.29) is 17.0 Å². The standard InChI is InChI=1S/C26H22FN5O/c1-3-32-14-20(10-16(2)25(32)33)26(21-8-5-9-22(27)23(21)24(28)31-26)19-7-4-6-17(11-19)18-12-29-15-30-13-18/h4-15H,3H2,1-2H3,(H2,28,31). The first-order chi connectivity index (χ1) is 16.0. The lowest BCUT2D eigenvalue weighted by atomic mass is 9.77. The van der Waals surface area contributed by atoms with Crippen molar-refractivity contribution in [2.45, 2.75) is 25.9 Å². The molecule has 7 heteroatoms. The summed E-state index contributed by atoms with van der Waals surface area (Å²) in [6, 6.07) is 14.5. The molecule has 1 aliphatic rings. The maximum absolute atomic E-state index is 14.9. The highest BCUT2D eigenvalue weighted by Gasteiger charge is 2.44. The minimum atomic E-state index is -1.11. The van der Waals surface area contributed by atoms with Gasteiger partial charge in [0.05, 0.1) is 5.56 Å². The Balaban J connectivity index is 1.86. The highest BCUT2D eigenvalue weighted by Crippen LogP contribution is 2.47. The van der Waals surface area contributed by atoms with Gasteiger partial charge in [0.1, 0.15) is 23.5 Å². The average Bonchev–Trinajstić information content (AvgIpc) is 3.16. The number of halogens is 1. The summed E-state index contributed by atoms with van der Waals surface area (Å²) >= 11 is 0. The van der Waals surface area contributed by atoms with Crippen LogP contribution in [0.15, 0.2) is 83.2 Å². The first kappa shape index (κ1) is 20.8. The van der Waals surface area contributed by atoms with Crippen molar-refractivity contribution in [2.24, 2.45) is 10.7 Å². The lowest BCUT2D eigenvalue weighted by Gasteiger charge is -2.30. The molecule has 4 aromatic rings. The van der Waals surface area contributed by atoms with Gasteiger partial charge in [-0.05, 0) is 43.2 Å². The summed E-state index contributed by atoms with van der Waals surface area (Å²) in [6.45, 7) is 4.19. The summed E-state index contributed by atoms with van der Waals surface area (Å²) in [7, 11) is 0. The first-order valence-electron chi connectivity index (χ1n) is 10.7. The van der Waals surface area contributed by atoms with Crippen LogP contribution in [0.2, 0.25) is 0 Å². The van der Waals surface area contributed by atoms with Gasteiger partial charge in [0.25, 0.3) is 5.56 Å². The predicted molar refractivity (Wildman–Crippen MR) is 126 cm³/mol. The fourth-order valence-electron chi connectivity index (χ4n) is 4.58. The Morgan fingerprint density at radius 3 is 2.55 bits per heavy atom. The SMILES string of the molecule is CCn1cc(C2(c3cccc(-c4cncnc4)c3)N=C(N)c3c(F)cccc32)cc(C)c1=O. The maximum Gasteiger partial charge on any atom is 0.253 e. The Kier molecular flexibility index (Phi) is 4.89. The van der Waals surface area contributed by atoms with Crippen LogP contribution in [0.4, 0.5) is 4.39 Å². The Labute approximate surface area is 190 Å². The Hall–Kier alpha value is -4.13. The van der Waals surface area contributed by atoms with Crippen LogP contribution in [0.25, 0.3) is 11.1 Å². The number of fused-ring (bicyclic) bond motifs is 1. The molecule has 6 nitrogen and oxygen atoms in total. The van der Waals surface area contributed by atoms with Gasteiger partial charge in [-0.2, -0.15) is 0 Å². The van der Waals surface area contributed by atoms with Crippen LogP contribution in [0.1, 0.15) is 34.7 Å². The molecular weight excluding hydrogens is 417 g/mol. The van der Waals surface area contributed by atoms with Crippen molar-refractivity contribution in [3.63, 3.8) is 0 Å². The van der Waals surface area contributed by atoms with Gasteiger partial charge in [0.2, 0.25) is 0 Å². The minimum absolute atomic E-state index is 0.0685. The van der Waals surface area contributed by atoms with Crippen LogP contribution < -0.4 is 11.3 Å². The lowest BCUT2D eigenvalue weighted by molar-refractivity contribution is 0.610. The summed E-state index contributed by atoms with van der Waals surface area (Å²) in [6.07, 6.45) is 6.75. The monoisotopic (exact) mass is 439 g/mol. The summed E-state index contributed by atoms with van der Waals surface area (Å²) in [5.41, 5.74) is 9.93. The fourth-order valence-corrected chi connectivity index (χ4v) is 4.58. The number of benzene rings is 2. The molecule has 2 aromatic heterocycles. The van der Waals surface area contributed by atoms with E-state index in [0.717, 1.165) is 22.3 Å². The maximum atomic E-state index is 14.9. The molecule has 2 N–H and O–H groups in total. The molecule has 164 valence electrons. The summed E-state index contributed by atoms with van der Waals surface area (Å²) in [5, 5.41) is 0. The van der Waals surface area contributed by atoms with Gasteiger partial charge in [-0.25, -0.2) is 19.4 Å². The number of rotatable bonds is 4. The number of pyridine rings is 1. The van der Waals surface area contributed by atoms with Crippen LogP contribution >= 0.6 is 0 Å². The molecule has 5 rings (SSSR count). The highest BCUT2D eigenvalue weighted by molar-refractivity contribution is 6.03. The molecule has 0 aliphatic carbocycles. The van der Waals surface area contributed by atoms with E-state index in [1.165, 1.54) is 12.4 Å². The average molecular weight is 439 g/mol. The van der Waals surface area contributed by atoms with E-state index in [0.29, 0.717) is 17.7 Å². The van der Waals surface area contributed by atoms with E-state index >= 15 is 0 Å². The fraction of sp³-hybridized carbons (Fsp3) is 0.154. The van der Waals surface area contributed by atoms with Gasteiger partial charge in [0.15, 0.2) is 0 Å². The smallest absolute Gasteiger partial charge is 0.253 e. The van der Waals surface area contributed by atoms with E-state index in [9.17, 15) is 9.18 Å². The second-order valence-electron chi connectivity index (χ2n) is 8.08. The lowest BCUT2D eigenvalue weighted by Crippen LogP contribution is -2.30. The molecule has 0 radical (unpaired) electrons. The Morgan fingerprint density at radius 2 is 1.79 bits per heavy atom. The third kappa shape index (κ3) is 3.16. The highest BCUT2D eigenvalue weighted by atomic mass is 19.1. The van der Waals surface area contributed by atoms with Crippen molar-refractivity contribution in [1.82, 2.24) is 14.5 Å². The van der Waals surface area contributed by atoms with Crippen LogP contribution in [-0.4, -0.2) is 20.4 Å². The number of aryl methyl sites for hydroxylation is 2. The molecule has 3 heterocycles. The molecule has 33 heavy (non-hydrogen) atoms. The number of amidine groups is 1. The second-order valence-corrected chi connectivity index (χ2v) is 8.08. The molecule has 0 spiro atoms. The van der Waals surface area contributed by atoms with Gasteiger partial charge >= 0.3 is 0 Å².